The first-order valence-corrected chi connectivity index (χ1v) is 9.23. The molecule has 0 unspecified atom stereocenters. The largest absolute Gasteiger partial charge is 0.493 e. The number of rotatable bonds is 6. The van der Waals surface area contributed by atoms with Crippen molar-refractivity contribution in [3.8, 4) is 17.0 Å². The van der Waals surface area contributed by atoms with Crippen LogP contribution in [0.1, 0.15) is 18.9 Å². The Labute approximate surface area is 154 Å². The summed E-state index contributed by atoms with van der Waals surface area (Å²) in [6.07, 6.45) is 4.60. The highest BCUT2D eigenvalue weighted by molar-refractivity contribution is 7.13. The number of aryl methyl sites for hydroxylation is 1. The first kappa shape index (κ1) is 16.5. The molecule has 0 aliphatic carbocycles. The lowest BCUT2D eigenvalue weighted by Gasteiger charge is -2.11. The zero-order valence-corrected chi connectivity index (χ0v) is 15.3. The Balaban J connectivity index is 1.73. The molecule has 0 radical (unpaired) electrons. The Morgan fingerprint density at radius 2 is 2.19 bits per heavy atom. The normalized spacial score (nSPS) is 11.0. The van der Waals surface area contributed by atoms with Gasteiger partial charge in [0.25, 0.3) is 0 Å². The Bertz CT molecular complexity index is 1030. The molecule has 3 aromatic heterocycles. The van der Waals surface area contributed by atoms with E-state index in [1.54, 1.807) is 11.7 Å². The highest BCUT2D eigenvalue weighted by Gasteiger charge is 2.11. The van der Waals surface area contributed by atoms with Crippen LogP contribution in [0, 0.1) is 6.92 Å². The summed E-state index contributed by atoms with van der Waals surface area (Å²) in [6.45, 7) is 4.86. The average molecular weight is 366 g/mol. The molecule has 4 aromatic rings. The van der Waals surface area contributed by atoms with Gasteiger partial charge in [0, 0.05) is 24.0 Å². The topological polar surface area (TPSA) is 77.2 Å². The molecular formula is C18H18N6OS. The molecule has 0 fully saturated rings. The predicted octanol–water partition coefficient (Wildman–Crippen LogP) is 4.09. The lowest BCUT2D eigenvalue weighted by molar-refractivity contribution is 0.315. The first-order valence-electron chi connectivity index (χ1n) is 8.35. The van der Waals surface area contributed by atoms with E-state index in [4.69, 9.17) is 9.72 Å². The molecule has 3 heterocycles. The molecule has 1 N–H and O–H groups in total. The molecule has 0 saturated heterocycles. The van der Waals surface area contributed by atoms with Crippen LogP contribution >= 0.6 is 11.3 Å². The second kappa shape index (κ2) is 7.09. The van der Waals surface area contributed by atoms with Gasteiger partial charge in [0.15, 0.2) is 0 Å². The highest BCUT2D eigenvalue weighted by Crippen LogP contribution is 2.28. The van der Waals surface area contributed by atoms with Crippen molar-refractivity contribution in [2.75, 3.05) is 11.9 Å². The van der Waals surface area contributed by atoms with E-state index in [0.29, 0.717) is 17.7 Å². The minimum Gasteiger partial charge on any atom is -0.493 e. The van der Waals surface area contributed by atoms with Crippen molar-refractivity contribution in [2.24, 2.45) is 0 Å². The number of ether oxygens (including phenoxy) is 1. The van der Waals surface area contributed by atoms with E-state index in [2.05, 4.69) is 33.5 Å². The molecule has 132 valence electrons. The summed E-state index contributed by atoms with van der Waals surface area (Å²) in [6, 6.07) is 8.07. The number of aromatic nitrogens is 5. The minimum atomic E-state index is 0.649. The van der Waals surface area contributed by atoms with Gasteiger partial charge in [-0.25, -0.2) is 9.97 Å². The number of anilines is 2. The van der Waals surface area contributed by atoms with Crippen molar-refractivity contribution in [3.05, 3.63) is 47.7 Å². The van der Waals surface area contributed by atoms with E-state index in [1.807, 2.05) is 35.7 Å². The number of hydrogen-bond donors (Lipinski definition) is 1. The van der Waals surface area contributed by atoms with E-state index >= 15 is 0 Å². The summed E-state index contributed by atoms with van der Waals surface area (Å²) in [7, 11) is 0. The van der Waals surface area contributed by atoms with Gasteiger partial charge in [-0.2, -0.15) is 0 Å². The van der Waals surface area contributed by atoms with E-state index in [-0.39, 0.29) is 0 Å². The SMILES string of the molecule is CCCOc1ccc(-c2cc3nccn3c(Nc3nncs3)n2)cc1C. The fourth-order valence-electron chi connectivity index (χ4n) is 2.67. The lowest BCUT2D eigenvalue weighted by Crippen LogP contribution is -2.02. The highest BCUT2D eigenvalue weighted by atomic mass is 32.1. The van der Waals surface area contributed by atoms with Crippen molar-refractivity contribution >= 4 is 28.1 Å². The van der Waals surface area contributed by atoms with Crippen molar-refractivity contribution in [1.82, 2.24) is 24.6 Å². The van der Waals surface area contributed by atoms with Gasteiger partial charge in [-0.1, -0.05) is 18.3 Å². The monoisotopic (exact) mass is 366 g/mol. The van der Waals surface area contributed by atoms with Crippen LogP contribution in [0.3, 0.4) is 0 Å². The smallest absolute Gasteiger partial charge is 0.215 e. The molecule has 0 aliphatic heterocycles. The third-order valence-electron chi connectivity index (χ3n) is 3.90. The third-order valence-corrected chi connectivity index (χ3v) is 4.51. The number of imidazole rings is 1. The minimum absolute atomic E-state index is 0.649. The lowest BCUT2D eigenvalue weighted by atomic mass is 10.1. The van der Waals surface area contributed by atoms with Crippen LogP contribution in [-0.2, 0) is 0 Å². The Morgan fingerprint density at radius 3 is 2.96 bits per heavy atom. The molecule has 0 spiro atoms. The van der Waals surface area contributed by atoms with Gasteiger partial charge in [0.1, 0.15) is 16.9 Å². The Hall–Kier alpha value is -3.00. The van der Waals surface area contributed by atoms with Crippen LogP contribution in [0.4, 0.5) is 11.1 Å². The van der Waals surface area contributed by atoms with E-state index in [1.165, 1.54) is 11.3 Å². The van der Waals surface area contributed by atoms with Gasteiger partial charge < -0.3 is 4.74 Å². The van der Waals surface area contributed by atoms with Gasteiger partial charge in [0.05, 0.1) is 12.3 Å². The summed E-state index contributed by atoms with van der Waals surface area (Å²) in [5, 5.41) is 11.8. The van der Waals surface area contributed by atoms with E-state index in [0.717, 1.165) is 34.6 Å². The van der Waals surface area contributed by atoms with Crippen LogP contribution < -0.4 is 10.1 Å². The zero-order chi connectivity index (χ0) is 17.9. The third kappa shape index (κ3) is 3.23. The molecule has 26 heavy (non-hydrogen) atoms. The zero-order valence-electron chi connectivity index (χ0n) is 14.5. The fraction of sp³-hybridized carbons (Fsp3) is 0.222. The second-order valence-corrected chi connectivity index (χ2v) is 6.65. The molecule has 0 amide bonds. The first-order chi connectivity index (χ1) is 12.7. The van der Waals surface area contributed by atoms with Crippen molar-refractivity contribution in [1.29, 1.82) is 0 Å². The number of nitrogens with one attached hydrogen (secondary N) is 1. The standard InChI is InChI=1S/C18H18N6OS/c1-3-8-25-15-5-4-13(9-12(15)2)14-10-16-19-6-7-24(16)17(21-14)22-18-23-20-11-26-18/h4-7,9-11H,3,8H2,1-2H3,(H,21,22,23). The molecular weight excluding hydrogens is 348 g/mol. The van der Waals surface area contributed by atoms with Crippen LogP contribution in [0.25, 0.3) is 16.9 Å². The molecule has 0 atom stereocenters. The fourth-order valence-corrected chi connectivity index (χ4v) is 3.10. The average Bonchev–Trinajstić information content (AvgIpc) is 3.32. The maximum absolute atomic E-state index is 5.77. The van der Waals surface area contributed by atoms with Gasteiger partial charge in [0.2, 0.25) is 11.1 Å². The quantitative estimate of drug-likeness (QED) is 0.554. The molecule has 1 aromatic carbocycles. The Morgan fingerprint density at radius 1 is 1.27 bits per heavy atom. The summed E-state index contributed by atoms with van der Waals surface area (Å²) in [4.78, 5) is 9.16. The van der Waals surface area contributed by atoms with Gasteiger partial charge >= 0.3 is 0 Å². The number of benzene rings is 1. The van der Waals surface area contributed by atoms with Gasteiger partial charge in [-0.05, 0) is 37.1 Å². The molecule has 7 nitrogen and oxygen atoms in total. The van der Waals surface area contributed by atoms with Crippen LogP contribution in [-0.4, -0.2) is 31.2 Å². The maximum atomic E-state index is 5.77. The van der Waals surface area contributed by atoms with Crippen LogP contribution in [0.5, 0.6) is 5.75 Å². The number of fused-ring (bicyclic) bond motifs is 1. The van der Waals surface area contributed by atoms with Crippen LogP contribution in [0.15, 0.2) is 42.2 Å². The van der Waals surface area contributed by atoms with Gasteiger partial charge in [-0.15, -0.1) is 10.2 Å². The van der Waals surface area contributed by atoms with Crippen molar-refractivity contribution < 1.29 is 4.74 Å². The predicted molar refractivity (Wildman–Crippen MR) is 102 cm³/mol. The Kier molecular flexibility index (Phi) is 4.49. The molecule has 8 heteroatoms. The molecule has 0 saturated carbocycles. The summed E-state index contributed by atoms with van der Waals surface area (Å²) < 4.78 is 7.65. The van der Waals surface area contributed by atoms with Crippen molar-refractivity contribution in [3.63, 3.8) is 0 Å². The maximum Gasteiger partial charge on any atom is 0.215 e. The molecule has 0 aliphatic rings. The van der Waals surface area contributed by atoms with E-state index in [9.17, 15) is 0 Å². The van der Waals surface area contributed by atoms with Crippen LogP contribution in [0.2, 0.25) is 0 Å². The molecule has 4 rings (SSSR count). The second-order valence-electron chi connectivity index (χ2n) is 5.82. The molecule has 0 bridgehead atoms. The summed E-state index contributed by atoms with van der Waals surface area (Å²) in [5.74, 6) is 1.56. The summed E-state index contributed by atoms with van der Waals surface area (Å²) >= 11 is 1.42. The van der Waals surface area contributed by atoms with E-state index < -0.39 is 0 Å². The van der Waals surface area contributed by atoms with Crippen molar-refractivity contribution in [2.45, 2.75) is 20.3 Å². The van der Waals surface area contributed by atoms with Gasteiger partial charge in [-0.3, -0.25) is 9.72 Å². The number of nitrogens with zero attached hydrogens (tertiary/aromatic N) is 5. The summed E-state index contributed by atoms with van der Waals surface area (Å²) in [5.41, 5.74) is 5.42. The number of hydrogen-bond acceptors (Lipinski definition) is 7.